The van der Waals surface area contributed by atoms with Crippen LogP contribution in [0, 0.1) is 0 Å². The van der Waals surface area contributed by atoms with Crippen LogP contribution in [0.3, 0.4) is 0 Å². The molecular formula is C15H12ClNO2. The van der Waals surface area contributed by atoms with Crippen molar-refractivity contribution in [2.75, 3.05) is 7.11 Å². The zero-order valence-electron chi connectivity index (χ0n) is 10.3. The van der Waals surface area contributed by atoms with Gasteiger partial charge in [-0.3, -0.25) is 0 Å². The van der Waals surface area contributed by atoms with E-state index < -0.39 is 0 Å². The van der Waals surface area contributed by atoms with Gasteiger partial charge in [0.25, 0.3) is 0 Å². The van der Waals surface area contributed by atoms with Crippen molar-refractivity contribution in [2.24, 2.45) is 0 Å². The van der Waals surface area contributed by atoms with Crippen molar-refractivity contribution in [1.82, 2.24) is 4.98 Å². The summed E-state index contributed by atoms with van der Waals surface area (Å²) in [5, 5.41) is 1.64. The lowest BCUT2D eigenvalue weighted by atomic mass is 10.2. The topological polar surface area (TPSA) is 34.2 Å². The van der Waals surface area contributed by atoms with E-state index in [0.29, 0.717) is 5.02 Å². The number of aromatic amines is 1. The predicted molar refractivity (Wildman–Crippen MR) is 76.4 cm³/mol. The number of rotatable bonds is 3. The van der Waals surface area contributed by atoms with Gasteiger partial charge in [0, 0.05) is 28.2 Å². The van der Waals surface area contributed by atoms with Crippen LogP contribution in [-0.4, -0.2) is 12.1 Å². The van der Waals surface area contributed by atoms with Gasteiger partial charge in [-0.1, -0.05) is 17.7 Å². The zero-order valence-corrected chi connectivity index (χ0v) is 11.1. The van der Waals surface area contributed by atoms with E-state index in [1.807, 2.05) is 48.7 Å². The van der Waals surface area contributed by atoms with Crippen LogP contribution in [0.1, 0.15) is 0 Å². The molecule has 19 heavy (non-hydrogen) atoms. The van der Waals surface area contributed by atoms with Crippen molar-refractivity contribution < 1.29 is 9.47 Å². The van der Waals surface area contributed by atoms with E-state index >= 15 is 0 Å². The van der Waals surface area contributed by atoms with Crippen LogP contribution in [0.5, 0.6) is 17.2 Å². The van der Waals surface area contributed by atoms with Gasteiger partial charge in [-0.2, -0.15) is 0 Å². The number of H-pyrrole nitrogens is 1. The summed E-state index contributed by atoms with van der Waals surface area (Å²) in [6, 6.07) is 13.1. The highest BCUT2D eigenvalue weighted by molar-refractivity contribution is 6.31. The molecule has 0 aliphatic rings. The van der Waals surface area contributed by atoms with Crippen molar-refractivity contribution in [3.05, 3.63) is 53.7 Å². The zero-order chi connectivity index (χ0) is 13.2. The van der Waals surface area contributed by atoms with Gasteiger partial charge in [-0.25, -0.2) is 0 Å². The maximum Gasteiger partial charge on any atom is 0.152 e. The second-order valence-corrected chi connectivity index (χ2v) is 4.56. The third kappa shape index (κ3) is 2.37. The van der Waals surface area contributed by atoms with Crippen molar-refractivity contribution in [1.29, 1.82) is 0 Å². The molecule has 0 saturated heterocycles. The van der Waals surface area contributed by atoms with Crippen molar-refractivity contribution in [3.8, 4) is 17.2 Å². The number of fused-ring (bicyclic) bond motifs is 1. The Morgan fingerprint density at radius 1 is 1.05 bits per heavy atom. The van der Waals surface area contributed by atoms with E-state index in [1.165, 1.54) is 0 Å². The number of aromatic nitrogens is 1. The lowest BCUT2D eigenvalue weighted by Crippen LogP contribution is -1.85. The standard InChI is InChI=1S/C15H12ClNO2/c1-18-11-3-2-4-12(8-11)19-15-9-17-14-6-5-10(16)7-13(14)15/h2-9,17H,1H3. The Morgan fingerprint density at radius 3 is 2.74 bits per heavy atom. The molecule has 0 aliphatic heterocycles. The summed E-state index contributed by atoms with van der Waals surface area (Å²) in [6.45, 7) is 0. The second kappa shape index (κ2) is 4.86. The van der Waals surface area contributed by atoms with Crippen LogP contribution >= 0.6 is 11.6 Å². The Morgan fingerprint density at radius 2 is 1.89 bits per heavy atom. The number of benzene rings is 2. The first kappa shape index (κ1) is 11.9. The molecule has 96 valence electrons. The van der Waals surface area contributed by atoms with Gasteiger partial charge in [-0.05, 0) is 30.3 Å². The monoisotopic (exact) mass is 273 g/mol. The molecule has 1 heterocycles. The molecule has 0 fully saturated rings. The number of hydrogen-bond donors (Lipinski definition) is 1. The Balaban J connectivity index is 1.98. The third-order valence-electron chi connectivity index (χ3n) is 2.87. The summed E-state index contributed by atoms with van der Waals surface area (Å²) < 4.78 is 11.0. The van der Waals surface area contributed by atoms with Crippen molar-refractivity contribution >= 4 is 22.5 Å². The first-order valence-electron chi connectivity index (χ1n) is 5.85. The smallest absolute Gasteiger partial charge is 0.152 e. The van der Waals surface area contributed by atoms with E-state index in [4.69, 9.17) is 21.1 Å². The van der Waals surface area contributed by atoms with Crippen molar-refractivity contribution in [2.45, 2.75) is 0 Å². The molecule has 4 heteroatoms. The maximum absolute atomic E-state index is 6.01. The quantitative estimate of drug-likeness (QED) is 0.755. The highest BCUT2D eigenvalue weighted by Gasteiger charge is 2.07. The summed E-state index contributed by atoms with van der Waals surface area (Å²) in [5.74, 6) is 2.22. The van der Waals surface area contributed by atoms with Gasteiger partial charge < -0.3 is 14.5 Å². The van der Waals surface area contributed by atoms with E-state index in [1.54, 1.807) is 7.11 Å². The molecule has 0 unspecified atom stereocenters. The average Bonchev–Trinajstić information content (AvgIpc) is 2.81. The maximum atomic E-state index is 6.01. The molecule has 0 aliphatic carbocycles. The Bertz CT molecular complexity index is 721. The van der Waals surface area contributed by atoms with Crippen LogP contribution in [0.25, 0.3) is 10.9 Å². The third-order valence-corrected chi connectivity index (χ3v) is 3.11. The van der Waals surface area contributed by atoms with Crippen LogP contribution in [0.15, 0.2) is 48.7 Å². The van der Waals surface area contributed by atoms with Crippen molar-refractivity contribution in [3.63, 3.8) is 0 Å². The number of halogens is 1. The number of methoxy groups -OCH3 is 1. The molecular weight excluding hydrogens is 262 g/mol. The van der Waals surface area contributed by atoms with Crippen LogP contribution in [-0.2, 0) is 0 Å². The Labute approximate surface area is 115 Å². The van der Waals surface area contributed by atoms with Gasteiger partial charge in [-0.15, -0.1) is 0 Å². The molecule has 1 aromatic heterocycles. The molecule has 3 nitrogen and oxygen atoms in total. The fourth-order valence-corrected chi connectivity index (χ4v) is 2.12. The number of hydrogen-bond acceptors (Lipinski definition) is 2. The molecule has 0 saturated carbocycles. The average molecular weight is 274 g/mol. The Hall–Kier alpha value is -2.13. The first-order chi connectivity index (χ1) is 9.26. The van der Waals surface area contributed by atoms with E-state index in [2.05, 4.69) is 4.98 Å². The second-order valence-electron chi connectivity index (χ2n) is 4.12. The number of ether oxygens (including phenoxy) is 2. The molecule has 2 aromatic carbocycles. The fraction of sp³-hybridized carbons (Fsp3) is 0.0667. The normalized spacial score (nSPS) is 10.6. The lowest BCUT2D eigenvalue weighted by molar-refractivity contribution is 0.409. The SMILES string of the molecule is COc1cccc(Oc2c[nH]c3ccc(Cl)cc23)c1. The first-order valence-corrected chi connectivity index (χ1v) is 6.22. The molecule has 1 N–H and O–H groups in total. The molecule has 3 rings (SSSR count). The van der Waals surface area contributed by atoms with Crippen LogP contribution in [0.4, 0.5) is 0 Å². The highest BCUT2D eigenvalue weighted by atomic mass is 35.5. The summed E-state index contributed by atoms with van der Waals surface area (Å²) in [4.78, 5) is 3.15. The van der Waals surface area contributed by atoms with Gasteiger partial charge >= 0.3 is 0 Å². The van der Waals surface area contributed by atoms with Gasteiger partial charge in [0.05, 0.1) is 7.11 Å². The molecule has 3 aromatic rings. The summed E-state index contributed by atoms with van der Waals surface area (Å²) >= 11 is 6.01. The molecule has 0 spiro atoms. The summed E-state index contributed by atoms with van der Waals surface area (Å²) in [5.41, 5.74) is 0.988. The van der Waals surface area contributed by atoms with E-state index in [-0.39, 0.29) is 0 Å². The molecule has 0 atom stereocenters. The van der Waals surface area contributed by atoms with E-state index in [0.717, 1.165) is 28.2 Å². The molecule has 0 bridgehead atoms. The minimum Gasteiger partial charge on any atom is -0.497 e. The largest absolute Gasteiger partial charge is 0.497 e. The number of nitrogens with one attached hydrogen (secondary N) is 1. The van der Waals surface area contributed by atoms with Gasteiger partial charge in [0.1, 0.15) is 11.5 Å². The molecule has 0 amide bonds. The lowest BCUT2D eigenvalue weighted by Gasteiger charge is -2.06. The summed E-state index contributed by atoms with van der Waals surface area (Å²) in [6.07, 6.45) is 1.82. The van der Waals surface area contributed by atoms with E-state index in [9.17, 15) is 0 Å². The Kier molecular flexibility index (Phi) is 3.05. The predicted octanol–water partition coefficient (Wildman–Crippen LogP) is 4.62. The van der Waals surface area contributed by atoms with Gasteiger partial charge in [0.2, 0.25) is 0 Å². The van der Waals surface area contributed by atoms with Crippen LogP contribution in [0.2, 0.25) is 5.02 Å². The minimum atomic E-state index is 0.683. The minimum absolute atomic E-state index is 0.683. The van der Waals surface area contributed by atoms with Gasteiger partial charge in [0.15, 0.2) is 5.75 Å². The molecule has 0 radical (unpaired) electrons. The highest BCUT2D eigenvalue weighted by Crippen LogP contribution is 2.32. The van der Waals surface area contributed by atoms with Crippen LogP contribution < -0.4 is 9.47 Å². The summed E-state index contributed by atoms with van der Waals surface area (Å²) in [7, 11) is 1.63. The fourth-order valence-electron chi connectivity index (χ4n) is 1.94.